The molecule has 1 aliphatic heterocycles. The van der Waals surface area contributed by atoms with E-state index in [0.717, 1.165) is 54.6 Å². The van der Waals surface area contributed by atoms with Gasteiger partial charge < -0.3 is 20.1 Å². The summed E-state index contributed by atoms with van der Waals surface area (Å²) in [5.74, 6) is -2.83. The normalized spacial score (nSPS) is 19.0. The van der Waals surface area contributed by atoms with E-state index >= 15 is 0 Å². The highest BCUT2D eigenvalue weighted by Gasteiger charge is 2.38. The van der Waals surface area contributed by atoms with Gasteiger partial charge in [0.05, 0.1) is 11.2 Å². The van der Waals surface area contributed by atoms with Crippen LogP contribution in [0.25, 0.3) is 11.1 Å². The average molecular weight is 445 g/mol. The van der Waals surface area contributed by atoms with Gasteiger partial charge in [0.15, 0.2) is 11.5 Å². The van der Waals surface area contributed by atoms with Gasteiger partial charge in [-0.05, 0) is 66.3 Å². The Morgan fingerprint density at radius 1 is 1.29 bits per heavy atom. The smallest absolute Gasteiger partial charge is 0.490 e. The van der Waals surface area contributed by atoms with Gasteiger partial charge in [-0.3, -0.25) is 4.90 Å². The number of carboxylic acids is 1. The predicted molar refractivity (Wildman–Crippen MR) is 107 cm³/mol. The lowest BCUT2D eigenvalue weighted by Gasteiger charge is -2.42. The lowest BCUT2D eigenvalue weighted by atomic mass is 9.76. The highest BCUT2D eigenvalue weighted by molar-refractivity contribution is 5.83. The van der Waals surface area contributed by atoms with Crippen molar-refractivity contribution in [2.75, 3.05) is 20.1 Å². The van der Waals surface area contributed by atoms with Gasteiger partial charge in [-0.15, -0.1) is 0 Å². The summed E-state index contributed by atoms with van der Waals surface area (Å²) in [5.41, 5.74) is 4.45. The monoisotopic (exact) mass is 445 g/mol. The second-order valence-corrected chi connectivity index (χ2v) is 7.42. The third kappa shape index (κ3) is 4.41. The maximum atomic E-state index is 10.6. The molecule has 0 unspecified atom stereocenters. The molecule has 168 valence electrons. The van der Waals surface area contributed by atoms with Crippen LogP contribution in [0, 0.1) is 0 Å². The molecule has 0 amide bonds. The molecule has 6 nitrogen and oxygen atoms in total. The van der Waals surface area contributed by atoms with Crippen LogP contribution in [0.4, 0.5) is 13.2 Å². The van der Waals surface area contributed by atoms with Gasteiger partial charge in [0, 0.05) is 18.2 Å². The molecule has 0 fully saturated rings. The number of methoxy groups -OCH3 is 1. The Labute approximate surface area is 181 Å². The minimum absolute atomic E-state index is 0.160. The SMILES string of the molecule is O=C(O)C(F)(F)F.[3H]C([3H])([3H])Oc1cc2c3c(c1)-c1c(ccc(O)c1O)C[C@H]3N(CCC)CC2. The molecule has 9 heteroatoms. The van der Waals surface area contributed by atoms with Crippen molar-refractivity contribution < 1.29 is 42.1 Å². The molecule has 4 rings (SSSR count). The third-order valence-electron chi connectivity index (χ3n) is 5.48. The minimum atomic E-state index is -5.08. The molecule has 0 bridgehead atoms. The molecule has 1 heterocycles. The summed E-state index contributed by atoms with van der Waals surface area (Å²) in [6.45, 7) is 4.04. The zero-order valence-electron chi connectivity index (χ0n) is 19.7. The minimum Gasteiger partial charge on any atom is -0.504 e. The summed E-state index contributed by atoms with van der Waals surface area (Å²) < 4.78 is 59.1. The number of carboxylic acid groups (broad SMARTS) is 1. The second kappa shape index (κ2) is 8.66. The van der Waals surface area contributed by atoms with Gasteiger partial charge in [-0.2, -0.15) is 13.2 Å². The number of carbonyl (C=O) groups is 1. The van der Waals surface area contributed by atoms with E-state index in [1.807, 2.05) is 12.1 Å². The number of hydrogen-bond donors (Lipinski definition) is 3. The molecule has 3 N–H and O–H groups in total. The quantitative estimate of drug-likeness (QED) is 0.612. The van der Waals surface area contributed by atoms with Crippen LogP contribution in [-0.4, -0.2) is 52.5 Å². The summed E-state index contributed by atoms with van der Waals surface area (Å²) in [6, 6.07) is 7.03. The van der Waals surface area contributed by atoms with E-state index in [9.17, 15) is 23.4 Å². The number of halogens is 3. The molecule has 0 aromatic heterocycles. The number of nitrogens with zero attached hydrogens (tertiary/aromatic N) is 1. The van der Waals surface area contributed by atoms with Crippen molar-refractivity contribution in [2.24, 2.45) is 0 Å². The van der Waals surface area contributed by atoms with Crippen molar-refractivity contribution in [3.63, 3.8) is 0 Å². The molecule has 1 atom stereocenters. The maximum absolute atomic E-state index is 10.6. The van der Waals surface area contributed by atoms with E-state index in [-0.39, 0.29) is 23.3 Å². The van der Waals surface area contributed by atoms with E-state index < -0.39 is 19.2 Å². The lowest BCUT2D eigenvalue weighted by molar-refractivity contribution is -0.192. The first kappa shape index (κ1) is 18.8. The van der Waals surface area contributed by atoms with Crippen LogP contribution >= 0.6 is 0 Å². The Morgan fingerprint density at radius 2 is 2.00 bits per heavy atom. The molecule has 2 aliphatic rings. The Hall–Kier alpha value is -2.94. The Morgan fingerprint density at radius 3 is 2.61 bits per heavy atom. The zero-order valence-corrected chi connectivity index (χ0v) is 16.7. The van der Waals surface area contributed by atoms with Gasteiger partial charge in [0.2, 0.25) is 0 Å². The topological polar surface area (TPSA) is 90.2 Å². The average Bonchev–Trinajstić information content (AvgIpc) is 2.71. The summed E-state index contributed by atoms with van der Waals surface area (Å²) in [7, 11) is -2.54. The first-order valence-corrected chi connectivity index (χ1v) is 9.67. The Balaban J connectivity index is 0.000000406. The number of fused-ring (bicyclic) bond motifs is 2. The number of ether oxygens (including phenoxy) is 1. The Bertz CT molecular complexity index is 1090. The molecular weight excluding hydrogens is 415 g/mol. The maximum Gasteiger partial charge on any atom is 0.490 e. The number of phenolic OH excluding ortho intramolecular Hbond substituents is 2. The fraction of sp³-hybridized carbons (Fsp3) is 0.409. The van der Waals surface area contributed by atoms with Gasteiger partial charge >= 0.3 is 12.1 Å². The molecule has 0 spiro atoms. The fourth-order valence-corrected chi connectivity index (χ4v) is 4.24. The van der Waals surface area contributed by atoms with Gasteiger partial charge in [-0.25, -0.2) is 4.79 Å². The van der Waals surface area contributed by atoms with E-state index in [1.165, 1.54) is 6.07 Å². The van der Waals surface area contributed by atoms with Crippen LogP contribution in [-0.2, 0) is 17.6 Å². The van der Waals surface area contributed by atoms with Crippen LogP contribution in [0.3, 0.4) is 0 Å². The van der Waals surface area contributed by atoms with E-state index in [0.29, 0.717) is 5.56 Å². The first-order valence-electron chi connectivity index (χ1n) is 11.2. The number of aromatic hydroxyl groups is 2. The highest BCUT2D eigenvalue weighted by atomic mass is 19.4. The fourth-order valence-electron chi connectivity index (χ4n) is 4.24. The van der Waals surface area contributed by atoms with Crippen molar-refractivity contribution >= 4 is 5.97 Å². The summed E-state index contributed by atoms with van der Waals surface area (Å²) in [6.07, 6.45) is -2.48. The van der Waals surface area contributed by atoms with Crippen LogP contribution in [0.5, 0.6) is 17.2 Å². The highest BCUT2D eigenvalue weighted by Crippen LogP contribution is 2.51. The van der Waals surface area contributed by atoms with E-state index in [1.54, 1.807) is 6.07 Å². The number of aliphatic carboxylic acids is 1. The first-order chi connectivity index (χ1) is 15.7. The third-order valence-corrected chi connectivity index (χ3v) is 5.48. The standard InChI is InChI=1S/C20H23NO3.C2HF3O2/c1-3-7-21-8-6-13-9-14(24-2)11-15-18(13)16(21)10-12-4-5-17(22)20(23)19(12)15;3-2(4,5)1(6)7/h4-5,9,11,16,22-23H,3,6-8,10H2,1-2H3;(H,6,7)/t16-;/m1./s1/i2T3;. The van der Waals surface area contributed by atoms with Crippen molar-refractivity contribution in [1.29, 1.82) is 0 Å². The van der Waals surface area contributed by atoms with Crippen molar-refractivity contribution in [2.45, 2.75) is 38.4 Å². The van der Waals surface area contributed by atoms with Crippen molar-refractivity contribution in [3.8, 4) is 28.4 Å². The van der Waals surface area contributed by atoms with E-state index in [4.69, 9.17) is 18.8 Å². The van der Waals surface area contributed by atoms with E-state index in [2.05, 4.69) is 11.8 Å². The lowest BCUT2D eigenvalue weighted by Crippen LogP contribution is -2.38. The van der Waals surface area contributed by atoms with Crippen molar-refractivity contribution in [3.05, 3.63) is 41.0 Å². The molecule has 2 aromatic carbocycles. The van der Waals surface area contributed by atoms with Crippen LogP contribution < -0.4 is 4.74 Å². The summed E-state index contributed by atoms with van der Waals surface area (Å²) in [5, 5.41) is 27.7. The number of phenols is 2. The summed E-state index contributed by atoms with van der Waals surface area (Å²) in [4.78, 5) is 11.3. The van der Waals surface area contributed by atoms with Crippen molar-refractivity contribution in [1.82, 2.24) is 4.90 Å². The number of rotatable bonds is 3. The predicted octanol–water partition coefficient (Wildman–Crippen LogP) is 4.27. The van der Waals surface area contributed by atoms with Gasteiger partial charge in [-0.1, -0.05) is 13.0 Å². The molecule has 0 radical (unpaired) electrons. The number of alkyl halides is 3. The van der Waals surface area contributed by atoms with Crippen LogP contribution in [0.1, 0.15) is 40.2 Å². The molecule has 31 heavy (non-hydrogen) atoms. The summed E-state index contributed by atoms with van der Waals surface area (Å²) >= 11 is 0. The molecular formula is C22H24F3NO5. The van der Waals surface area contributed by atoms with Gasteiger partial charge in [0.1, 0.15) is 5.75 Å². The second-order valence-electron chi connectivity index (χ2n) is 7.42. The number of benzene rings is 2. The molecule has 2 aromatic rings. The zero-order chi connectivity index (χ0) is 25.4. The van der Waals surface area contributed by atoms with Gasteiger partial charge in [0.25, 0.3) is 0 Å². The molecule has 1 aliphatic carbocycles. The molecule has 0 saturated heterocycles. The molecule has 0 saturated carbocycles. The number of hydrogen-bond acceptors (Lipinski definition) is 5. The van der Waals surface area contributed by atoms with Crippen LogP contribution in [0.2, 0.25) is 0 Å². The largest absolute Gasteiger partial charge is 0.504 e. The van der Waals surface area contributed by atoms with Crippen LogP contribution in [0.15, 0.2) is 24.3 Å². The Kier molecular flexibility index (Phi) is 5.25.